The van der Waals surface area contributed by atoms with Crippen LogP contribution in [-0.4, -0.2) is 15.9 Å². The van der Waals surface area contributed by atoms with Crippen molar-refractivity contribution in [2.45, 2.75) is 19.3 Å². The maximum Gasteiger partial charge on any atom is 0.269 e. The van der Waals surface area contributed by atoms with Gasteiger partial charge in [0.15, 0.2) is 5.11 Å². The maximum atomic E-state index is 12.2. The molecule has 0 aromatic heterocycles. The van der Waals surface area contributed by atoms with Crippen molar-refractivity contribution in [3.05, 3.63) is 69.8 Å². The topological polar surface area (TPSA) is 96.3 Å². The van der Waals surface area contributed by atoms with Crippen molar-refractivity contribution in [1.82, 2.24) is 10.9 Å². The fraction of sp³-hybridized carbons (Fsp3) is 0.222. The lowest BCUT2D eigenvalue weighted by Gasteiger charge is -2.11. The standard InChI is InChI=1S/C18H18N4O3S/c1-11-2-4-12(5-3-11)15-10-16(15)17(23)20-21-18(26)19-13-6-8-14(9-7-13)22(24)25/h2-9,15-16H,10H2,1H3,(H,20,23)(H2,19,21,26)/t15-,16-/m0/s1. The first-order valence-electron chi connectivity index (χ1n) is 8.12. The summed E-state index contributed by atoms with van der Waals surface area (Å²) in [4.78, 5) is 22.4. The molecule has 1 fully saturated rings. The molecule has 3 N–H and O–H groups in total. The van der Waals surface area contributed by atoms with E-state index in [1.54, 1.807) is 12.1 Å². The second-order valence-electron chi connectivity index (χ2n) is 6.23. The fourth-order valence-corrected chi connectivity index (χ4v) is 2.88. The molecule has 26 heavy (non-hydrogen) atoms. The molecule has 8 heteroatoms. The highest BCUT2D eigenvalue weighted by atomic mass is 32.1. The number of nitrogens with one attached hydrogen (secondary N) is 3. The Morgan fingerprint density at radius 3 is 2.38 bits per heavy atom. The summed E-state index contributed by atoms with van der Waals surface area (Å²) in [6.45, 7) is 2.03. The van der Waals surface area contributed by atoms with Crippen LogP contribution >= 0.6 is 12.2 Å². The second kappa shape index (κ2) is 7.49. The number of aryl methyl sites for hydroxylation is 1. The van der Waals surface area contributed by atoms with Gasteiger partial charge in [0.1, 0.15) is 0 Å². The number of amides is 1. The number of nitrogens with zero attached hydrogens (tertiary/aromatic N) is 1. The van der Waals surface area contributed by atoms with E-state index in [1.807, 2.05) is 19.1 Å². The summed E-state index contributed by atoms with van der Waals surface area (Å²) in [5.41, 5.74) is 8.21. The first-order chi connectivity index (χ1) is 12.4. The first kappa shape index (κ1) is 17.8. The van der Waals surface area contributed by atoms with E-state index in [2.05, 4.69) is 28.3 Å². The average molecular weight is 370 g/mol. The van der Waals surface area contributed by atoms with Crippen LogP contribution in [0.4, 0.5) is 11.4 Å². The number of thiocarbonyl (C=S) groups is 1. The smallest absolute Gasteiger partial charge is 0.269 e. The van der Waals surface area contributed by atoms with E-state index in [0.717, 1.165) is 6.42 Å². The Balaban J connectivity index is 1.45. The molecule has 1 aliphatic carbocycles. The normalized spacial score (nSPS) is 17.9. The summed E-state index contributed by atoms with van der Waals surface area (Å²) in [5, 5.41) is 13.7. The van der Waals surface area contributed by atoms with E-state index in [4.69, 9.17) is 12.2 Å². The molecular weight excluding hydrogens is 352 g/mol. The van der Waals surface area contributed by atoms with Crippen LogP contribution in [0.3, 0.4) is 0 Å². The van der Waals surface area contributed by atoms with Crippen molar-refractivity contribution in [2.75, 3.05) is 5.32 Å². The van der Waals surface area contributed by atoms with Crippen molar-refractivity contribution in [2.24, 2.45) is 5.92 Å². The monoisotopic (exact) mass is 370 g/mol. The molecular formula is C18H18N4O3S. The number of carbonyl (C=O) groups is 1. The molecule has 1 saturated carbocycles. The van der Waals surface area contributed by atoms with E-state index in [0.29, 0.717) is 5.69 Å². The van der Waals surface area contributed by atoms with Gasteiger partial charge in [-0.2, -0.15) is 0 Å². The number of rotatable bonds is 4. The van der Waals surface area contributed by atoms with Crippen LogP contribution in [-0.2, 0) is 4.79 Å². The van der Waals surface area contributed by atoms with Crippen LogP contribution in [0, 0.1) is 23.0 Å². The lowest BCUT2D eigenvalue weighted by molar-refractivity contribution is -0.384. The van der Waals surface area contributed by atoms with Gasteiger partial charge in [-0.1, -0.05) is 29.8 Å². The van der Waals surface area contributed by atoms with Crippen molar-refractivity contribution >= 4 is 34.6 Å². The van der Waals surface area contributed by atoms with Gasteiger partial charge in [-0.3, -0.25) is 25.8 Å². The number of hydrogen-bond donors (Lipinski definition) is 3. The predicted octanol–water partition coefficient (Wildman–Crippen LogP) is 3.02. The van der Waals surface area contributed by atoms with E-state index >= 15 is 0 Å². The zero-order chi connectivity index (χ0) is 18.7. The van der Waals surface area contributed by atoms with E-state index in [9.17, 15) is 14.9 Å². The highest BCUT2D eigenvalue weighted by Crippen LogP contribution is 2.47. The Hall–Kier alpha value is -3.00. The van der Waals surface area contributed by atoms with Gasteiger partial charge >= 0.3 is 0 Å². The molecule has 0 saturated heterocycles. The number of nitro groups is 1. The number of nitro benzene ring substituents is 1. The molecule has 1 aliphatic rings. The highest BCUT2D eigenvalue weighted by molar-refractivity contribution is 7.80. The molecule has 0 unspecified atom stereocenters. The number of non-ortho nitro benzene ring substituents is 1. The molecule has 0 heterocycles. The Morgan fingerprint density at radius 1 is 1.12 bits per heavy atom. The van der Waals surface area contributed by atoms with Crippen LogP contribution in [0.25, 0.3) is 0 Å². The van der Waals surface area contributed by atoms with Gasteiger partial charge in [-0.05, 0) is 49.2 Å². The zero-order valence-corrected chi connectivity index (χ0v) is 14.9. The van der Waals surface area contributed by atoms with E-state index < -0.39 is 4.92 Å². The third kappa shape index (κ3) is 4.34. The van der Waals surface area contributed by atoms with Crippen molar-refractivity contribution in [1.29, 1.82) is 0 Å². The average Bonchev–Trinajstić information content (AvgIpc) is 3.41. The van der Waals surface area contributed by atoms with E-state index in [-0.39, 0.29) is 28.5 Å². The molecule has 0 spiro atoms. The van der Waals surface area contributed by atoms with Crippen molar-refractivity contribution in [3.63, 3.8) is 0 Å². The Morgan fingerprint density at radius 2 is 1.77 bits per heavy atom. The summed E-state index contributed by atoms with van der Waals surface area (Å²) in [6, 6.07) is 14.0. The molecule has 0 bridgehead atoms. The van der Waals surface area contributed by atoms with Crippen molar-refractivity contribution < 1.29 is 9.72 Å². The number of benzene rings is 2. The number of carbonyl (C=O) groups excluding carboxylic acids is 1. The van der Waals surface area contributed by atoms with Gasteiger partial charge in [0.05, 0.1) is 4.92 Å². The molecule has 0 aliphatic heterocycles. The second-order valence-corrected chi connectivity index (χ2v) is 6.64. The fourth-order valence-electron chi connectivity index (χ4n) is 2.71. The van der Waals surface area contributed by atoms with Crippen LogP contribution in [0.15, 0.2) is 48.5 Å². The number of hydrogen-bond acceptors (Lipinski definition) is 4. The van der Waals surface area contributed by atoms with Gasteiger partial charge < -0.3 is 5.32 Å². The third-order valence-corrected chi connectivity index (χ3v) is 4.47. The minimum atomic E-state index is -0.472. The molecule has 7 nitrogen and oxygen atoms in total. The van der Waals surface area contributed by atoms with Crippen molar-refractivity contribution in [3.8, 4) is 0 Å². The van der Waals surface area contributed by atoms with Gasteiger partial charge in [0.2, 0.25) is 5.91 Å². The molecule has 2 atom stereocenters. The largest absolute Gasteiger partial charge is 0.331 e. The molecule has 2 aromatic carbocycles. The molecule has 1 amide bonds. The molecule has 134 valence electrons. The summed E-state index contributed by atoms with van der Waals surface area (Å²) in [5.74, 6) is 0.0735. The third-order valence-electron chi connectivity index (χ3n) is 4.27. The lowest BCUT2D eigenvalue weighted by atomic mass is 10.1. The van der Waals surface area contributed by atoms with Gasteiger partial charge in [0.25, 0.3) is 5.69 Å². The first-order valence-corrected chi connectivity index (χ1v) is 8.53. The Kier molecular flexibility index (Phi) is 5.13. The summed E-state index contributed by atoms with van der Waals surface area (Å²) >= 11 is 5.11. The van der Waals surface area contributed by atoms with Gasteiger partial charge in [0, 0.05) is 23.7 Å². The summed E-state index contributed by atoms with van der Waals surface area (Å²) in [7, 11) is 0. The SMILES string of the molecule is Cc1ccc([C@@H]2C[C@@H]2C(=O)NNC(=S)Nc2ccc([N+](=O)[O-])cc2)cc1. The number of anilines is 1. The zero-order valence-electron chi connectivity index (χ0n) is 14.1. The summed E-state index contributed by atoms with van der Waals surface area (Å²) < 4.78 is 0. The predicted molar refractivity (Wildman–Crippen MR) is 103 cm³/mol. The minimum Gasteiger partial charge on any atom is -0.331 e. The maximum absolute atomic E-state index is 12.2. The van der Waals surface area contributed by atoms with Gasteiger partial charge in [-0.15, -0.1) is 0 Å². The van der Waals surface area contributed by atoms with Crippen LogP contribution < -0.4 is 16.2 Å². The highest BCUT2D eigenvalue weighted by Gasteiger charge is 2.43. The summed E-state index contributed by atoms with van der Waals surface area (Å²) in [6.07, 6.45) is 0.819. The van der Waals surface area contributed by atoms with Crippen LogP contribution in [0.1, 0.15) is 23.5 Å². The molecule has 0 radical (unpaired) electrons. The van der Waals surface area contributed by atoms with Crippen LogP contribution in [0.2, 0.25) is 0 Å². The minimum absolute atomic E-state index is 0.00129. The molecule has 3 rings (SSSR count). The molecule has 2 aromatic rings. The quantitative estimate of drug-likeness (QED) is 0.435. The van der Waals surface area contributed by atoms with Gasteiger partial charge in [-0.25, -0.2) is 0 Å². The van der Waals surface area contributed by atoms with Crippen LogP contribution in [0.5, 0.6) is 0 Å². The van der Waals surface area contributed by atoms with E-state index in [1.165, 1.54) is 23.3 Å². The Bertz CT molecular complexity index is 837. The lowest BCUT2D eigenvalue weighted by Crippen LogP contribution is -2.44. The Labute approximate surface area is 155 Å². The number of hydrazine groups is 1.